The molecule has 0 radical (unpaired) electrons. The molecule has 1 aliphatic heterocycles. The van der Waals surface area contributed by atoms with Crippen molar-refractivity contribution in [2.45, 2.75) is 57.0 Å². The van der Waals surface area contributed by atoms with Gasteiger partial charge in [0.25, 0.3) is 0 Å². The van der Waals surface area contributed by atoms with Crippen molar-refractivity contribution in [3.8, 4) is 0 Å². The van der Waals surface area contributed by atoms with Crippen LogP contribution in [0.2, 0.25) is 0 Å². The quantitative estimate of drug-likeness (QED) is 0.796. The van der Waals surface area contributed by atoms with Crippen molar-refractivity contribution in [1.29, 1.82) is 0 Å². The predicted molar refractivity (Wildman–Crippen MR) is 114 cm³/mol. The number of piperidine rings is 1. The number of rotatable bonds is 3. The summed E-state index contributed by atoms with van der Waals surface area (Å²) in [6.45, 7) is 1.92. The fourth-order valence-electron chi connectivity index (χ4n) is 5.12. The van der Waals surface area contributed by atoms with Crippen LogP contribution < -0.4 is 16.0 Å². The number of carbonyl (C=O) groups is 1. The maximum atomic E-state index is 12.8. The number of anilines is 1. The molecule has 7 heteroatoms. The Kier molecular flexibility index (Phi) is 8.20. The molecule has 3 fully saturated rings. The van der Waals surface area contributed by atoms with E-state index in [2.05, 4.69) is 21.3 Å². The van der Waals surface area contributed by atoms with E-state index in [9.17, 15) is 4.79 Å². The molecule has 2 atom stereocenters. The highest BCUT2D eigenvalue weighted by Crippen LogP contribution is 2.42. The van der Waals surface area contributed by atoms with Gasteiger partial charge < -0.3 is 16.0 Å². The van der Waals surface area contributed by atoms with Crippen LogP contribution in [0, 0.1) is 17.8 Å². The van der Waals surface area contributed by atoms with E-state index in [1.54, 1.807) is 0 Å². The second kappa shape index (κ2) is 9.94. The molecular weight excluding hydrogens is 383 g/mol. The molecule has 1 saturated heterocycles. The van der Waals surface area contributed by atoms with Crippen LogP contribution in [0.5, 0.6) is 0 Å². The van der Waals surface area contributed by atoms with E-state index < -0.39 is 0 Å². The standard InChI is InChI=1S/C20H30N4O.2ClH/c21-19-14-4-3-5-15(19)13-16(12-14)20(25)23-17-7-10-24(11-8-17)18-6-1-2-9-22-18;;/h1-2,6,9,14-17,19H,3-5,7-8,10-13,21H2,(H,23,25);2*1H. The minimum atomic E-state index is 0. The average Bonchev–Trinajstić information content (AvgIpc) is 2.63. The lowest BCUT2D eigenvalue weighted by molar-refractivity contribution is -0.128. The highest BCUT2D eigenvalue weighted by atomic mass is 35.5. The number of halogens is 2. The zero-order valence-electron chi connectivity index (χ0n) is 15.8. The molecule has 152 valence electrons. The normalized spacial score (nSPS) is 30.6. The van der Waals surface area contributed by atoms with E-state index >= 15 is 0 Å². The topological polar surface area (TPSA) is 71.2 Å². The van der Waals surface area contributed by atoms with Crippen LogP contribution in [0.15, 0.2) is 24.4 Å². The van der Waals surface area contributed by atoms with E-state index in [-0.39, 0.29) is 36.6 Å². The lowest BCUT2D eigenvalue weighted by Crippen LogP contribution is -2.51. The molecule has 2 unspecified atom stereocenters. The molecule has 2 saturated carbocycles. The van der Waals surface area contributed by atoms with E-state index in [4.69, 9.17) is 5.73 Å². The van der Waals surface area contributed by atoms with Gasteiger partial charge >= 0.3 is 0 Å². The van der Waals surface area contributed by atoms with Crippen molar-refractivity contribution in [2.75, 3.05) is 18.0 Å². The van der Waals surface area contributed by atoms with Gasteiger partial charge in [0.05, 0.1) is 0 Å². The predicted octanol–water partition coefficient (Wildman–Crippen LogP) is 3.16. The summed E-state index contributed by atoms with van der Waals surface area (Å²) in [6, 6.07) is 6.67. The molecule has 1 amide bonds. The second-order valence-corrected chi connectivity index (χ2v) is 8.15. The van der Waals surface area contributed by atoms with Gasteiger partial charge in [-0.2, -0.15) is 0 Å². The lowest BCUT2D eigenvalue weighted by Gasteiger charge is -2.44. The van der Waals surface area contributed by atoms with E-state index in [0.717, 1.165) is 44.6 Å². The molecule has 27 heavy (non-hydrogen) atoms. The maximum absolute atomic E-state index is 12.8. The summed E-state index contributed by atoms with van der Waals surface area (Å²) in [5.74, 6) is 2.63. The van der Waals surface area contributed by atoms with Gasteiger partial charge in [-0.3, -0.25) is 4.79 Å². The largest absolute Gasteiger partial charge is 0.356 e. The summed E-state index contributed by atoms with van der Waals surface area (Å²) < 4.78 is 0. The highest BCUT2D eigenvalue weighted by Gasteiger charge is 2.40. The van der Waals surface area contributed by atoms with Gasteiger partial charge in [0.15, 0.2) is 0 Å². The van der Waals surface area contributed by atoms with Gasteiger partial charge in [0, 0.05) is 37.3 Å². The summed E-state index contributed by atoms with van der Waals surface area (Å²) >= 11 is 0. The second-order valence-electron chi connectivity index (χ2n) is 8.15. The molecule has 1 aromatic heterocycles. The summed E-state index contributed by atoms with van der Waals surface area (Å²) in [5.41, 5.74) is 6.36. The van der Waals surface area contributed by atoms with Crippen LogP contribution in [-0.4, -0.2) is 36.1 Å². The van der Waals surface area contributed by atoms with E-state index in [1.165, 1.54) is 19.3 Å². The van der Waals surface area contributed by atoms with Crippen molar-refractivity contribution in [1.82, 2.24) is 10.3 Å². The number of hydrogen-bond acceptors (Lipinski definition) is 4. The van der Waals surface area contributed by atoms with Gasteiger partial charge in [-0.15, -0.1) is 24.8 Å². The Morgan fingerprint density at radius 3 is 2.33 bits per heavy atom. The first-order valence-electron chi connectivity index (χ1n) is 9.92. The molecule has 4 rings (SSSR count). The lowest BCUT2D eigenvalue weighted by atomic mass is 9.65. The number of hydrogen-bond donors (Lipinski definition) is 2. The summed E-state index contributed by atoms with van der Waals surface area (Å²) in [5, 5.41) is 3.34. The Balaban J connectivity index is 0.00000131. The zero-order valence-corrected chi connectivity index (χ0v) is 17.4. The van der Waals surface area contributed by atoms with Gasteiger partial charge in [0.2, 0.25) is 5.91 Å². The van der Waals surface area contributed by atoms with E-state index in [1.807, 2.05) is 18.3 Å². The Hall–Kier alpha value is -1.04. The van der Waals surface area contributed by atoms with Gasteiger partial charge in [-0.05, 0) is 62.5 Å². The number of carbonyl (C=O) groups excluding carboxylic acids is 1. The number of pyridine rings is 1. The first-order valence-corrected chi connectivity index (χ1v) is 9.92. The minimum absolute atomic E-state index is 0. The smallest absolute Gasteiger partial charge is 0.223 e. The molecule has 0 spiro atoms. The Morgan fingerprint density at radius 1 is 1.07 bits per heavy atom. The van der Waals surface area contributed by atoms with Crippen LogP contribution in [0.1, 0.15) is 44.9 Å². The average molecular weight is 415 g/mol. The Bertz CT molecular complexity index is 581. The number of nitrogens with zero attached hydrogens (tertiary/aromatic N) is 2. The van der Waals surface area contributed by atoms with Crippen molar-refractivity contribution < 1.29 is 4.79 Å². The third-order valence-electron chi connectivity index (χ3n) is 6.60. The van der Waals surface area contributed by atoms with Crippen LogP contribution >= 0.6 is 24.8 Å². The third kappa shape index (κ3) is 5.07. The molecule has 2 bridgehead atoms. The van der Waals surface area contributed by atoms with Crippen LogP contribution in [0.3, 0.4) is 0 Å². The molecule has 3 aliphatic rings. The first-order chi connectivity index (χ1) is 12.2. The first kappa shape index (κ1) is 22.3. The van der Waals surface area contributed by atoms with Crippen molar-refractivity contribution in [2.24, 2.45) is 23.5 Å². The van der Waals surface area contributed by atoms with Gasteiger partial charge in [0.1, 0.15) is 5.82 Å². The number of nitrogens with two attached hydrogens (primary N) is 1. The van der Waals surface area contributed by atoms with Crippen molar-refractivity contribution in [3.63, 3.8) is 0 Å². The molecule has 0 aromatic carbocycles. The summed E-state index contributed by atoms with van der Waals surface area (Å²) in [6.07, 6.45) is 9.56. The highest BCUT2D eigenvalue weighted by molar-refractivity contribution is 5.85. The van der Waals surface area contributed by atoms with Crippen LogP contribution in [0.4, 0.5) is 5.82 Å². The molecule has 1 aromatic rings. The zero-order chi connectivity index (χ0) is 17.2. The minimum Gasteiger partial charge on any atom is -0.356 e. The van der Waals surface area contributed by atoms with Gasteiger partial charge in [-0.25, -0.2) is 4.98 Å². The molecule has 5 nitrogen and oxygen atoms in total. The number of nitrogens with one attached hydrogen (secondary N) is 1. The molecular formula is C20H32Cl2N4O. The molecule has 3 N–H and O–H groups in total. The number of fused-ring (bicyclic) bond motifs is 2. The SMILES string of the molecule is Cl.Cl.NC1C2CCCC1CC(C(=O)NC1CCN(c3ccccn3)CC1)C2. The molecule has 2 heterocycles. The summed E-state index contributed by atoms with van der Waals surface area (Å²) in [4.78, 5) is 19.5. The number of amides is 1. The van der Waals surface area contributed by atoms with Crippen LogP contribution in [0.25, 0.3) is 0 Å². The fraction of sp³-hybridized carbons (Fsp3) is 0.700. The van der Waals surface area contributed by atoms with Gasteiger partial charge in [-0.1, -0.05) is 12.5 Å². The summed E-state index contributed by atoms with van der Waals surface area (Å²) in [7, 11) is 0. The van der Waals surface area contributed by atoms with Crippen molar-refractivity contribution in [3.05, 3.63) is 24.4 Å². The number of aromatic nitrogens is 1. The monoisotopic (exact) mass is 414 g/mol. The Labute approximate surface area is 174 Å². The molecule has 2 aliphatic carbocycles. The van der Waals surface area contributed by atoms with E-state index in [0.29, 0.717) is 23.9 Å². The van der Waals surface area contributed by atoms with Crippen LogP contribution in [-0.2, 0) is 4.79 Å². The Morgan fingerprint density at radius 2 is 1.74 bits per heavy atom. The third-order valence-corrected chi connectivity index (χ3v) is 6.60. The fourth-order valence-corrected chi connectivity index (χ4v) is 5.12. The maximum Gasteiger partial charge on any atom is 0.223 e. The van der Waals surface area contributed by atoms with Crippen molar-refractivity contribution >= 4 is 36.5 Å².